The van der Waals surface area contributed by atoms with Crippen molar-refractivity contribution in [2.75, 3.05) is 37.5 Å². The summed E-state index contributed by atoms with van der Waals surface area (Å²) in [6.45, 7) is 1.77. The van der Waals surface area contributed by atoms with Crippen molar-refractivity contribution in [2.45, 2.75) is 31.2 Å². The monoisotopic (exact) mass is 392 g/mol. The third-order valence-electron chi connectivity index (χ3n) is 5.58. The Labute approximate surface area is 169 Å². The minimum atomic E-state index is 0.308. The average Bonchev–Trinajstić information content (AvgIpc) is 3.52. The maximum atomic E-state index is 5.47. The summed E-state index contributed by atoms with van der Waals surface area (Å²) >= 11 is 0. The van der Waals surface area contributed by atoms with Crippen LogP contribution in [0.15, 0.2) is 30.7 Å². The van der Waals surface area contributed by atoms with Crippen molar-refractivity contribution in [3.05, 3.63) is 36.5 Å². The number of hydrogen-bond acceptors (Lipinski definition) is 8. The lowest BCUT2D eigenvalue weighted by Gasteiger charge is -2.20. The maximum absolute atomic E-state index is 5.47. The van der Waals surface area contributed by atoms with Gasteiger partial charge in [0.2, 0.25) is 0 Å². The molecule has 2 aromatic heterocycles. The molecule has 1 saturated carbocycles. The van der Waals surface area contributed by atoms with Crippen LogP contribution in [-0.4, -0.2) is 53.3 Å². The van der Waals surface area contributed by atoms with Gasteiger partial charge in [-0.25, -0.2) is 19.9 Å². The Morgan fingerprint density at radius 2 is 1.86 bits per heavy atom. The van der Waals surface area contributed by atoms with E-state index in [9.17, 15) is 0 Å². The molecule has 1 aromatic carbocycles. The first-order chi connectivity index (χ1) is 14.2. The average molecular weight is 392 g/mol. The zero-order valence-corrected chi connectivity index (χ0v) is 16.6. The van der Waals surface area contributed by atoms with E-state index in [0.29, 0.717) is 23.5 Å². The highest BCUT2D eigenvalue weighted by atomic mass is 16.5. The predicted molar refractivity (Wildman–Crippen MR) is 111 cm³/mol. The Hall–Kier alpha value is -3.16. The molecule has 29 heavy (non-hydrogen) atoms. The van der Waals surface area contributed by atoms with Crippen LogP contribution in [0.4, 0.5) is 11.6 Å². The van der Waals surface area contributed by atoms with Crippen LogP contribution >= 0.6 is 0 Å². The maximum Gasteiger partial charge on any atom is 0.162 e. The topological polar surface area (TPSA) is 85.3 Å². The first-order valence-corrected chi connectivity index (χ1v) is 9.96. The smallest absolute Gasteiger partial charge is 0.162 e. The Morgan fingerprint density at radius 1 is 1.03 bits per heavy atom. The van der Waals surface area contributed by atoms with Crippen LogP contribution in [0.2, 0.25) is 0 Å². The second-order valence-corrected chi connectivity index (χ2v) is 7.57. The molecule has 8 nitrogen and oxygen atoms in total. The SMILES string of the molecule is COc1cc2ncnc(N3CCC(Nc4ccnc(C5CC5)n4)C3)c2cc1OC. The van der Waals surface area contributed by atoms with Gasteiger partial charge >= 0.3 is 0 Å². The number of benzene rings is 1. The number of ether oxygens (including phenoxy) is 2. The summed E-state index contributed by atoms with van der Waals surface area (Å²) in [6.07, 6.45) is 6.89. The molecule has 0 radical (unpaired) electrons. The Morgan fingerprint density at radius 3 is 2.66 bits per heavy atom. The summed E-state index contributed by atoms with van der Waals surface area (Å²) in [6, 6.07) is 6.11. The first-order valence-electron chi connectivity index (χ1n) is 9.96. The number of rotatable bonds is 6. The van der Waals surface area contributed by atoms with Crippen LogP contribution in [0.25, 0.3) is 10.9 Å². The molecule has 1 atom stereocenters. The second kappa shape index (κ2) is 7.35. The molecule has 0 amide bonds. The molecule has 8 heteroatoms. The first kappa shape index (κ1) is 17.9. The van der Waals surface area contributed by atoms with E-state index in [1.165, 1.54) is 12.8 Å². The number of fused-ring (bicyclic) bond motifs is 1. The highest BCUT2D eigenvalue weighted by molar-refractivity contribution is 5.92. The number of nitrogens with one attached hydrogen (secondary N) is 1. The van der Waals surface area contributed by atoms with Gasteiger partial charge in [0.1, 0.15) is 23.8 Å². The fraction of sp³-hybridized carbons (Fsp3) is 0.429. The Bertz CT molecular complexity index is 1040. The van der Waals surface area contributed by atoms with Crippen LogP contribution in [0.5, 0.6) is 11.5 Å². The van der Waals surface area contributed by atoms with Gasteiger partial charge in [0, 0.05) is 42.7 Å². The van der Waals surface area contributed by atoms with Gasteiger partial charge in [0.05, 0.1) is 19.7 Å². The van der Waals surface area contributed by atoms with Gasteiger partial charge in [0.25, 0.3) is 0 Å². The minimum Gasteiger partial charge on any atom is -0.493 e. The Kier molecular flexibility index (Phi) is 4.54. The van der Waals surface area contributed by atoms with E-state index in [4.69, 9.17) is 14.5 Å². The lowest BCUT2D eigenvalue weighted by atomic mass is 10.2. The number of methoxy groups -OCH3 is 2. The van der Waals surface area contributed by atoms with Gasteiger partial charge in [-0.1, -0.05) is 0 Å². The van der Waals surface area contributed by atoms with Gasteiger partial charge in [-0.3, -0.25) is 0 Å². The molecule has 2 fully saturated rings. The number of hydrogen-bond donors (Lipinski definition) is 1. The molecule has 3 heterocycles. The molecular weight excluding hydrogens is 368 g/mol. The van der Waals surface area contributed by atoms with Crippen molar-refractivity contribution in [3.8, 4) is 11.5 Å². The van der Waals surface area contributed by atoms with E-state index in [2.05, 4.69) is 25.2 Å². The zero-order valence-electron chi connectivity index (χ0n) is 16.6. The Balaban J connectivity index is 1.37. The van der Waals surface area contributed by atoms with Crippen LogP contribution < -0.4 is 19.7 Å². The highest BCUT2D eigenvalue weighted by Gasteiger charge is 2.28. The normalized spacial score (nSPS) is 18.8. The molecule has 1 saturated heterocycles. The van der Waals surface area contributed by atoms with Crippen LogP contribution in [0, 0.1) is 0 Å². The quantitative estimate of drug-likeness (QED) is 0.685. The third-order valence-corrected chi connectivity index (χ3v) is 5.58. The molecule has 1 N–H and O–H groups in total. The third kappa shape index (κ3) is 3.50. The molecule has 150 valence electrons. The van der Waals surface area contributed by atoms with Gasteiger partial charge in [0.15, 0.2) is 11.5 Å². The van der Waals surface area contributed by atoms with E-state index in [-0.39, 0.29) is 0 Å². The number of nitrogens with zero attached hydrogens (tertiary/aromatic N) is 5. The van der Waals surface area contributed by atoms with Gasteiger partial charge in [-0.05, 0) is 31.4 Å². The van der Waals surface area contributed by atoms with E-state index < -0.39 is 0 Å². The summed E-state index contributed by atoms with van der Waals surface area (Å²) in [5.74, 6) is 4.69. The number of aromatic nitrogens is 4. The van der Waals surface area contributed by atoms with Crippen molar-refractivity contribution >= 4 is 22.5 Å². The lowest BCUT2D eigenvalue weighted by molar-refractivity contribution is 0.356. The van der Waals surface area contributed by atoms with Gasteiger partial charge in [-0.15, -0.1) is 0 Å². The molecule has 5 rings (SSSR count). The molecule has 1 unspecified atom stereocenters. The second-order valence-electron chi connectivity index (χ2n) is 7.57. The van der Waals surface area contributed by atoms with E-state index in [1.54, 1.807) is 20.5 Å². The fourth-order valence-electron chi connectivity index (χ4n) is 3.89. The molecule has 0 bridgehead atoms. The lowest BCUT2D eigenvalue weighted by Crippen LogP contribution is -2.27. The summed E-state index contributed by atoms with van der Waals surface area (Å²) < 4.78 is 10.9. The minimum absolute atomic E-state index is 0.308. The van der Waals surface area contributed by atoms with Crippen molar-refractivity contribution < 1.29 is 9.47 Å². The van der Waals surface area contributed by atoms with Crippen LogP contribution in [0.3, 0.4) is 0 Å². The van der Waals surface area contributed by atoms with Crippen molar-refractivity contribution in [1.29, 1.82) is 0 Å². The van der Waals surface area contributed by atoms with Gasteiger partial charge < -0.3 is 19.7 Å². The number of anilines is 2. The summed E-state index contributed by atoms with van der Waals surface area (Å²) in [5.41, 5.74) is 0.842. The molecule has 1 aliphatic carbocycles. The molecule has 2 aliphatic rings. The summed E-state index contributed by atoms with van der Waals surface area (Å²) in [7, 11) is 3.27. The van der Waals surface area contributed by atoms with Crippen molar-refractivity contribution in [2.24, 2.45) is 0 Å². The molecular formula is C21H24N6O2. The van der Waals surface area contributed by atoms with E-state index in [1.807, 2.05) is 24.4 Å². The van der Waals surface area contributed by atoms with Crippen molar-refractivity contribution in [3.63, 3.8) is 0 Å². The molecule has 1 aliphatic heterocycles. The summed E-state index contributed by atoms with van der Waals surface area (Å²) in [5, 5.41) is 4.53. The molecule has 0 spiro atoms. The van der Waals surface area contributed by atoms with E-state index >= 15 is 0 Å². The molecule has 3 aromatic rings. The summed E-state index contributed by atoms with van der Waals surface area (Å²) in [4.78, 5) is 20.4. The highest BCUT2D eigenvalue weighted by Crippen LogP contribution is 2.38. The largest absolute Gasteiger partial charge is 0.493 e. The van der Waals surface area contributed by atoms with Crippen LogP contribution in [0.1, 0.15) is 31.0 Å². The van der Waals surface area contributed by atoms with Gasteiger partial charge in [-0.2, -0.15) is 0 Å². The van der Waals surface area contributed by atoms with E-state index in [0.717, 1.165) is 47.9 Å². The van der Waals surface area contributed by atoms with Crippen LogP contribution in [-0.2, 0) is 0 Å². The van der Waals surface area contributed by atoms with Crippen molar-refractivity contribution in [1.82, 2.24) is 19.9 Å². The predicted octanol–water partition coefficient (Wildman–Crippen LogP) is 3.01. The fourth-order valence-corrected chi connectivity index (χ4v) is 3.89. The zero-order chi connectivity index (χ0) is 19.8. The standard InChI is InChI=1S/C21H24N6O2/c1-28-17-9-15-16(10-18(17)29-2)23-12-24-21(15)27-8-6-14(11-27)25-19-5-7-22-20(26-19)13-3-4-13/h5,7,9-10,12-14H,3-4,6,8,11H2,1-2H3,(H,22,25,26).